The largest absolute Gasteiger partial charge is 0.495 e. The highest BCUT2D eigenvalue weighted by atomic mass is 35.5. The van der Waals surface area contributed by atoms with Gasteiger partial charge in [0.1, 0.15) is 12.3 Å². The Morgan fingerprint density at radius 2 is 1.84 bits per heavy atom. The summed E-state index contributed by atoms with van der Waals surface area (Å²) >= 11 is 6.18. The number of imidazole rings is 1. The lowest BCUT2D eigenvalue weighted by atomic mass is 10.1. The maximum atomic E-state index is 13.7. The van der Waals surface area contributed by atoms with Gasteiger partial charge in [-0.15, -0.1) is 12.4 Å². The van der Waals surface area contributed by atoms with Crippen LogP contribution in [0, 0.1) is 0 Å². The van der Waals surface area contributed by atoms with Crippen LogP contribution in [0.15, 0.2) is 79.3 Å². The summed E-state index contributed by atoms with van der Waals surface area (Å²) in [7, 11) is 1.45. The molecule has 0 atom stereocenters. The molecule has 8 nitrogen and oxygen atoms in total. The molecule has 0 saturated carbocycles. The Labute approximate surface area is 224 Å². The SMILES string of the molecule is COc1cccc2c1N(CC(=O)N(Cc1cccc(Cl)c1)c1ccc(-c3c[nH]cn3)cc1)C(=O)C2=O.Cl. The van der Waals surface area contributed by atoms with Crippen LogP contribution in [0.5, 0.6) is 5.75 Å². The zero-order valence-corrected chi connectivity index (χ0v) is 21.3. The Balaban J connectivity index is 0.00000320. The third-order valence-corrected chi connectivity index (χ3v) is 6.21. The number of carbonyl (C=O) groups is 3. The van der Waals surface area contributed by atoms with Crippen molar-refractivity contribution in [1.29, 1.82) is 0 Å². The standard InChI is InChI=1S/C27H21ClN4O4.ClH/c1-36-23-7-3-6-21-25(23)32(27(35)26(21)34)15-24(33)31(14-17-4-2-5-19(28)12-17)20-10-8-18(9-11-20)22-13-29-16-30-22;/h2-13,16H,14-15H2,1H3,(H,29,30);1H. The number of methoxy groups -OCH3 is 1. The van der Waals surface area contributed by atoms with E-state index in [2.05, 4.69) is 9.97 Å². The van der Waals surface area contributed by atoms with Crippen molar-refractivity contribution in [3.05, 3.63) is 95.4 Å². The van der Waals surface area contributed by atoms with E-state index in [9.17, 15) is 14.4 Å². The summed E-state index contributed by atoms with van der Waals surface area (Å²) in [6.45, 7) is -0.116. The zero-order chi connectivity index (χ0) is 25.2. The van der Waals surface area contributed by atoms with Crippen molar-refractivity contribution in [2.24, 2.45) is 0 Å². The van der Waals surface area contributed by atoms with Crippen LogP contribution in [0.4, 0.5) is 11.4 Å². The van der Waals surface area contributed by atoms with Gasteiger partial charge < -0.3 is 14.6 Å². The number of aromatic nitrogens is 2. The fourth-order valence-corrected chi connectivity index (χ4v) is 4.44. The van der Waals surface area contributed by atoms with E-state index in [0.717, 1.165) is 16.8 Å². The fraction of sp³-hybridized carbons (Fsp3) is 0.111. The van der Waals surface area contributed by atoms with E-state index in [1.54, 1.807) is 47.8 Å². The van der Waals surface area contributed by atoms with Crippen LogP contribution in [-0.2, 0) is 16.1 Å². The van der Waals surface area contributed by atoms with Gasteiger partial charge in [-0.3, -0.25) is 19.3 Å². The van der Waals surface area contributed by atoms with Crippen LogP contribution in [0.1, 0.15) is 15.9 Å². The van der Waals surface area contributed by atoms with Gasteiger partial charge in [0.25, 0.3) is 11.7 Å². The van der Waals surface area contributed by atoms with Gasteiger partial charge in [0.15, 0.2) is 0 Å². The smallest absolute Gasteiger partial charge is 0.300 e. The fourth-order valence-electron chi connectivity index (χ4n) is 4.23. The quantitative estimate of drug-likeness (QED) is 0.338. The summed E-state index contributed by atoms with van der Waals surface area (Å²) in [5.41, 5.74) is 3.62. The molecule has 1 N–H and O–H groups in total. The van der Waals surface area contributed by atoms with Crippen molar-refractivity contribution in [1.82, 2.24) is 9.97 Å². The molecule has 37 heavy (non-hydrogen) atoms. The number of aromatic amines is 1. The van der Waals surface area contributed by atoms with Gasteiger partial charge in [0.2, 0.25) is 5.91 Å². The van der Waals surface area contributed by atoms with Gasteiger partial charge in [-0.05, 0) is 42.0 Å². The minimum absolute atomic E-state index is 0. The van der Waals surface area contributed by atoms with Gasteiger partial charge in [-0.2, -0.15) is 0 Å². The molecule has 0 unspecified atom stereocenters. The molecule has 0 bridgehead atoms. The normalized spacial score (nSPS) is 12.2. The molecule has 5 rings (SSSR count). The molecule has 1 aromatic heterocycles. The highest BCUT2D eigenvalue weighted by molar-refractivity contribution is 6.53. The summed E-state index contributed by atoms with van der Waals surface area (Å²) < 4.78 is 5.37. The number of ether oxygens (including phenoxy) is 1. The van der Waals surface area contributed by atoms with Crippen molar-refractivity contribution in [2.45, 2.75) is 6.54 Å². The summed E-state index contributed by atoms with van der Waals surface area (Å²) in [5, 5.41) is 0.549. The number of carbonyl (C=O) groups excluding carboxylic acids is 3. The number of para-hydroxylation sites is 1. The third-order valence-electron chi connectivity index (χ3n) is 5.97. The van der Waals surface area contributed by atoms with Gasteiger partial charge in [-0.25, -0.2) is 4.98 Å². The van der Waals surface area contributed by atoms with Crippen molar-refractivity contribution in [3.8, 4) is 17.0 Å². The molecule has 1 aliphatic rings. The Bertz CT molecular complexity index is 1460. The molecule has 0 spiro atoms. The maximum absolute atomic E-state index is 13.7. The van der Waals surface area contributed by atoms with Crippen molar-refractivity contribution in [2.75, 3.05) is 23.5 Å². The average Bonchev–Trinajstić information content (AvgIpc) is 3.51. The summed E-state index contributed by atoms with van der Waals surface area (Å²) in [6.07, 6.45) is 3.38. The molecule has 4 aromatic rings. The highest BCUT2D eigenvalue weighted by Gasteiger charge is 2.39. The number of benzene rings is 3. The van der Waals surface area contributed by atoms with E-state index in [1.165, 1.54) is 12.0 Å². The number of rotatable bonds is 7. The lowest BCUT2D eigenvalue weighted by Gasteiger charge is -2.26. The van der Waals surface area contributed by atoms with Crippen LogP contribution in [0.25, 0.3) is 11.3 Å². The minimum atomic E-state index is -0.764. The van der Waals surface area contributed by atoms with Crippen LogP contribution in [0.2, 0.25) is 5.02 Å². The zero-order valence-electron chi connectivity index (χ0n) is 19.7. The van der Waals surface area contributed by atoms with E-state index in [4.69, 9.17) is 16.3 Å². The lowest BCUT2D eigenvalue weighted by Crippen LogP contribution is -2.42. The Morgan fingerprint density at radius 1 is 1.08 bits per heavy atom. The number of H-pyrrole nitrogens is 1. The van der Waals surface area contributed by atoms with Gasteiger partial charge >= 0.3 is 0 Å². The maximum Gasteiger partial charge on any atom is 0.300 e. The van der Waals surface area contributed by atoms with Crippen LogP contribution >= 0.6 is 24.0 Å². The Morgan fingerprint density at radius 3 is 2.51 bits per heavy atom. The molecule has 0 fully saturated rings. The molecule has 2 amide bonds. The molecule has 10 heteroatoms. The van der Waals surface area contributed by atoms with E-state index >= 15 is 0 Å². The van der Waals surface area contributed by atoms with Gasteiger partial charge in [0.05, 0.1) is 36.9 Å². The monoisotopic (exact) mass is 536 g/mol. The number of hydrogen-bond acceptors (Lipinski definition) is 5. The summed E-state index contributed by atoms with van der Waals surface area (Å²) in [6, 6.07) is 19.4. The summed E-state index contributed by atoms with van der Waals surface area (Å²) in [4.78, 5) is 49.0. The first kappa shape index (κ1) is 25.9. The van der Waals surface area contributed by atoms with E-state index < -0.39 is 11.7 Å². The molecule has 2 heterocycles. The number of halogens is 2. The number of anilines is 2. The van der Waals surface area contributed by atoms with Crippen LogP contribution in [0.3, 0.4) is 0 Å². The van der Waals surface area contributed by atoms with E-state index in [1.807, 2.05) is 36.4 Å². The highest BCUT2D eigenvalue weighted by Crippen LogP contribution is 2.37. The van der Waals surface area contributed by atoms with Gasteiger partial charge in [0, 0.05) is 22.5 Å². The number of hydrogen-bond donors (Lipinski definition) is 1. The number of fused-ring (bicyclic) bond motifs is 1. The molecule has 188 valence electrons. The first-order valence-corrected chi connectivity index (χ1v) is 11.5. The average molecular weight is 537 g/mol. The minimum Gasteiger partial charge on any atom is -0.495 e. The summed E-state index contributed by atoms with van der Waals surface area (Å²) in [5.74, 6) is -1.45. The number of amides is 2. The number of nitrogens with zero attached hydrogens (tertiary/aromatic N) is 3. The van der Waals surface area contributed by atoms with Crippen molar-refractivity contribution >= 4 is 53.0 Å². The first-order valence-electron chi connectivity index (χ1n) is 11.1. The second kappa shape index (κ2) is 10.9. The first-order chi connectivity index (χ1) is 17.5. The lowest BCUT2D eigenvalue weighted by molar-refractivity contribution is -0.120. The van der Waals surface area contributed by atoms with E-state index in [-0.39, 0.29) is 37.0 Å². The molecule has 3 aromatic carbocycles. The Hall–Kier alpha value is -4.14. The van der Waals surface area contributed by atoms with Crippen LogP contribution < -0.4 is 14.5 Å². The second-order valence-corrected chi connectivity index (χ2v) is 8.62. The number of ketones is 1. The topological polar surface area (TPSA) is 95.6 Å². The number of Topliss-reactive ketones (excluding diaryl/α,β-unsaturated/α-hetero) is 1. The predicted octanol–water partition coefficient (Wildman–Crippen LogP) is 4.92. The van der Waals surface area contributed by atoms with Crippen molar-refractivity contribution in [3.63, 3.8) is 0 Å². The van der Waals surface area contributed by atoms with Crippen LogP contribution in [-0.4, -0.2) is 41.2 Å². The predicted molar refractivity (Wildman–Crippen MR) is 144 cm³/mol. The Kier molecular flexibility index (Phi) is 7.61. The van der Waals surface area contributed by atoms with Gasteiger partial charge in [-0.1, -0.05) is 41.9 Å². The second-order valence-electron chi connectivity index (χ2n) is 8.19. The van der Waals surface area contributed by atoms with E-state index in [0.29, 0.717) is 22.1 Å². The molecular formula is C27H22Cl2N4O4. The number of nitrogens with one attached hydrogen (secondary N) is 1. The molecule has 0 radical (unpaired) electrons. The molecule has 0 aliphatic carbocycles. The third kappa shape index (κ3) is 5.07. The molecule has 1 aliphatic heterocycles. The molecule has 0 saturated heterocycles. The van der Waals surface area contributed by atoms with Crippen molar-refractivity contribution < 1.29 is 19.1 Å². The molecular weight excluding hydrogens is 515 g/mol.